The van der Waals surface area contributed by atoms with Gasteiger partial charge in [0.25, 0.3) is 17.7 Å². The number of carbonyl (C=O) groups is 3. The van der Waals surface area contributed by atoms with Crippen LogP contribution in [0.4, 0.5) is 0 Å². The monoisotopic (exact) mass is 274 g/mol. The van der Waals surface area contributed by atoms with Gasteiger partial charge in [0.1, 0.15) is 11.4 Å². The number of likely N-dealkylation sites (N-methyl/N-ethyl adjacent to an activating group) is 1. The lowest BCUT2D eigenvalue weighted by Gasteiger charge is -2.11. The maximum absolute atomic E-state index is 12.0. The number of benzene rings is 1. The number of hydrogen-bond acceptors (Lipinski definition) is 4. The second kappa shape index (κ2) is 5.56. The van der Waals surface area contributed by atoms with Crippen LogP contribution in [0.15, 0.2) is 36.0 Å². The number of rotatable bonds is 4. The van der Waals surface area contributed by atoms with Gasteiger partial charge >= 0.3 is 0 Å². The van der Waals surface area contributed by atoms with Gasteiger partial charge in [-0.2, -0.15) is 0 Å². The molecule has 0 radical (unpaired) electrons. The topological polar surface area (TPSA) is 75.7 Å². The zero-order valence-corrected chi connectivity index (χ0v) is 11.2. The second-order valence-electron chi connectivity index (χ2n) is 4.13. The van der Waals surface area contributed by atoms with Crippen LogP contribution in [0.3, 0.4) is 0 Å². The van der Waals surface area contributed by atoms with E-state index >= 15 is 0 Å². The van der Waals surface area contributed by atoms with Crippen LogP contribution in [0.1, 0.15) is 17.3 Å². The Labute approximate surface area is 116 Å². The fourth-order valence-electron chi connectivity index (χ4n) is 1.86. The minimum Gasteiger partial charge on any atom is -0.497 e. The predicted molar refractivity (Wildman–Crippen MR) is 70.9 cm³/mol. The lowest BCUT2D eigenvalue weighted by Crippen LogP contribution is -2.34. The van der Waals surface area contributed by atoms with E-state index in [1.807, 2.05) is 0 Å². The van der Waals surface area contributed by atoms with Crippen molar-refractivity contribution in [3.8, 4) is 5.75 Å². The van der Waals surface area contributed by atoms with Crippen LogP contribution in [0.25, 0.3) is 0 Å². The lowest BCUT2D eigenvalue weighted by molar-refractivity contribution is -0.137. The smallest absolute Gasteiger partial charge is 0.277 e. The highest BCUT2D eigenvalue weighted by Crippen LogP contribution is 2.14. The molecule has 0 bridgehead atoms. The van der Waals surface area contributed by atoms with E-state index in [-0.39, 0.29) is 12.2 Å². The van der Waals surface area contributed by atoms with Crippen LogP contribution in [0, 0.1) is 0 Å². The highest BCUT2D eigenvalue weighted by molar-refractivity contribution is 6.17. The molecule has 0 aromatic heterocycles. The molecule has 0 fully saturated rings. The Bertz CT molecular complexity index is 607. The molecule has 1 aliphatic heterocycles. The molecule has 6 nitrogen and oxygen atoms in total. The average Bonchev–Trinajstić information content (AvgIpc) is 2.73. The van der Waals surface area contributed by atoms with Gasteiger partial charge in [-0.15, -0.1) is 0 Å². The zero-order valence-electron chi connectivity index (χ0n) is 11.2. The molecule has 0 spiro atoms. The first-order valence-electron chi connectivity index (χ1n) is 6.09. The maximum atomic E-state index is 12.0. The summed E-state index contributed by atoms with van der Waals surface area (Å²) >= 11 is 0. The number of carbonyl (C=O) groups excluding carboxylic acids is 3. The van der Waals surface area contributed by atoms with Crippen molar-refractivity contribution in [1.29, 1.82) is 0 Å². The van der Waals surface area contributed by atoms with Crippen molar-refractivity contribution in [2.24, 2.45) is 0 Å². The Morgan fingerprint density at radius 3 is 2.70 bits per heavy atom. The Balaban J connectivity index is 2.14. The standard InChI is InChI=1S/C14H14N2O4/c1-3-16-12(17)8-11(14(16)19)15-13(18)9-5-4-6-10(7-9)20-2/h4-8H,3H2,1-2H3,(H,15,18). The molecule has 1 heterocycles. The minimum absolute atomic E-state index is 0.00956. The van der Waals surface area contributed by atoms with Gasteiger partial charge in [0, 0.05) is 18.2 Å². The van der Waals surface area contributed by atoms with Crippen molar-refractivity contribution in [3.05, 3.63) is 41.6 Å². The number of methoxy groups -OCH3 is 1. The molecule has 2 rings (SSSR count). The van der Waals surface area contributed by atoms with Gasteiger partial charge in [0.05, 0.1) is 7.11 Å². The third-order valence-corrected chi connectivity index (χ3v) is 2.91. The first-order chi connectivity index (χ1) is 9.56. The first kappa shape index (κ1) is 13.8. The summed E-state index contributed by atoms with van der Waals surface area (Å²) in [6.07, 6.45) is 1.13. The first-order valence-corrected chi connectivity index (χ1v) is 6.09. The number of imide groups is 1. The summed E-state index contributed by atoms with van der Waals surface area (Å²) in [4.78, 5) is 36.4. The largest absolute Gasteiger partial charge is 0.497 e. The number of amides is 3. The van der Waals surface area contributed by atoms with E-state index in [9.17, 15) is 14.4 Å². The van der Waals surface area contributed by atoms with Crippen LogP contribution in [0.2, 0.25) is 0 Å². The summed E-state index contributed by atoms with van der Waals surface area (Å²) in [5, 5.41) is 2.45. The van der Waals surface area contributed by atoms with E-state index in [1.54, 1.807) is 31.2 Å². The highest BCUT2D eigenvalue weighted by Gasteiger charge is 2.30. The zero-order chi connectivity index (χ0) is 14.7. The van der Waals surface area contributed by atoms with Gasteiger partial charge in [0.15, 0.2) is 0 Å². The van der Waals surface area contributed by atoms with Gasteiger partial charge in [-0.25, -0.2) is 0 Å². The van der Waals surface area contributed by atoms with Crippen molar-refractivity contribution >= 4 is 17.7 Å². The molecule has 0 atom stereocenters. The Morgan fingerprint density at radius 2 is 2.10 bits per heavy atom. The average molecular weight is 274 g/mol. The normalized spacial score (nSPS) is 14.3. The third kappa shape index (κ3) is 2.54. The fraction of sp³-hybridized carbons (Fsp3) is 0.214. The maximum Gasteiger partial charge on any atom is 0.277 e. The number of nitrogens with one attached hydrogen (secondary N) is 1. The Kier molecular flexibility index (Phi) is 3.84. The molecule has 0 saturated carbocycles. The van der Waals surface area contributed by atoms with E-state index < -0.39 is 17.7 Å². The quantitative estimate of drug-likeness (QED) is 0.820. The molecule has 1 N–H and O–H groups in total. The molecular weight excluding hydrogens is 260 g/mol. The minimum atomic E-state index is -0.492. The van der Waals surface area contributed by atoms with E-state index in [2.05, 4.69) is 5.32 Å². The van der Waals surface area contributed by atoms with Crippen LogP contribution in [-0.4, -0.2) is 36.3 Å². The second-order valence-corrected chi connectivity index (χ2v) is 4.13. The summed E-state index contributed by atoms with van der Waals surface area (Å²) in [7, 11) is 1.50. The van der Waals surface area contributed by atoms with Crippen LogP contribution >= 0.6 is 0 Å². The van der Waals surface area contributed by atoms with Crippen molar-refractivity contribution in [2.75, 3.05) is 13.7 Å². The van der Waals surface area contributed by atoms with E-state index in [0.717, 1.165) is 11.0 Å². The molecule has 1 aromatic carbocycles. The van der Waals surface area contributed by atoms with Crippen molar-refractivity contribution in [3.63, 3.8) is 0 Å². The van der Waals surface area contributed by atoms with Gasteiger partial charge < -0.3 is 10.1 Å². The van der Waals surface area contributed by atoms with Crippen LogP contribution in [0.5, 0.6) is 5.75 Å². The van der Waals surface area contributed by atoms with Crippen LogP contribution < -0.4 is 10.1 Å². The van der Waals surface area contributed by atoms with Crippen LogP contribution in [-0.2, 0) is 9.59 Å². The number of nitrogens with zero attached hydrogens (tertiary/aromatic N) is 1. The molecule has 6 heteroatoms. The molecule has 0 unspecified atom stereocenters. The molecular formula is C14H14N2O4. The summed E-state index contributed by atoms with van der Waals surface area (Å²) in [6.45, 7) is 1.96. The Morgan fingerprint density at radius 1 is 1.35 bits per heavy atom. The van der Waals surface area contributed by atoms with Crippen molar-refractivity contribution in [1.82, 2.24) is 10.2 Å². The molecule has 0 saturated heterocycles. The van der Waals surface area contributed by atoms with Gasteiger partial charge in [0.2, 0.25) is 0 Å². The molecule has 3 amide bonds. The lowest BCUT2D eigenvalue weighted by atomic mass is 10.2. The van der Waals surface area contributed by atoms with Gasteiger partial charge in [-0.05, 0) is 25.1 Å². The highest BCUT2D eigenvalue weighted by atomic mass is 16.5. The molecule has 1 aliphatic rings. The van der Waals surface area contributed by atoms with E-state index in [0.29, 0.717) is 11.3 Å². The van der Waals surface area contributed by atoms with Gasteiger partial charge in [-0.3, -0.25) is 19.3 Å². The SMILES string of the molecule is CCN1C(=O)C=C(NC(=O)c2cccc(OC)c2)C1=O. The number of ether oxygens (including phenoxy) is 1. The molecule has 1 aromatic rings. The summed E-state index contributed by atoms with van der Waals surface area (Å²) in [5.74, 6) is -0.836. The van der Waals surface area contributed by atoms with Gasteiger partial charge in [-0.1, -0.05) is 6.07 Å². The van der Waals surface area contributed by atoms with E-state index in [4.69, 9.17) is 4.74 Å². The summed E-state index contributed by atoms with van der Waals surface area (Å²) < 4.78 is 5.02. The summed E-state index contributed by atoms with van der Waals surface area (Å²) in [5.41, 5.74) is 0.338. The summed E-state index contributed by atoms with van der Waals surface area (Å²) in [6, 6.07) is 6.52. The molecule has 0 aliphatic carbocycles. The number of hydrogen-bond donors (Lipinski definition) is 1. The predicted octanol–water partition coefficient (Wildman–Crippen LogP) is 0.698. The molecule has 104 valence electrons. The van der Waals surface area contributed by atoms with Crippen molar-refractivity contribution < 1.29 is 19.1 Å². The van der Waals surface area contributed by atoms with Crippen molar-refractivity contribution in [2.45, 2.75) is 6.92 Å². The van der Waals surface area contributed by atoms with E-state index in [1.165, 1.54) is 7.11 Å². The fourth-order valence-corrected chi connectivity index (χ4v) is 1.86. The Hall–Kier alpha value is -2.63. The molecule has 20 heavy (non-hydrogen) atoms. The third-order valence-electron chi connectivity index (χ3n) is 2.91.